The number of carbonyl (C=O) groups excluding carboxylic acids is 1. The molecular formula is C15H12BrClN2O2. The van der Waals surface area contributed by atoms with E-state index in [1.807, 2.05) is 18.2 Å². The van der Waals surface area contributed by atoms with Gasteiger partial charge in [-0.25, -0.2) is 5.43 Å². The third-order valence-corrected chi connectivity index (χ3v) is 3.65. The summed E-state index contributed by atoms with van der Waals surface area (Å²) in [5.41, 5.74) is 3.65. The predicted octanol–water partition coefficient (Wildman–Crippen LogP) is 3.88. The minimum Gasteiger partial charge on any atom is -0.496 e. The zero-order valence-corrected chi connectivity index (χ0v) is 13.5. The number of benzene rings is 2. The second kappa shape index (κ2) is 7.24. The Morgan fingerprint density at radius 1 is 1.33 bits per heavy atom. The van der Waals surface area contributed by atoms with Crippen molar-refractivity contribution in [2.45, 2.75) is 0 Å². The summed E-state index contributed by atoms with van der Waals surface area (Å²) in [4.78, 5) is 12.0. The van der Waals surface area contributed by atoms with Gasteiger partial charge in [0.2, 0.25) is 0 Å². The van der Waals surface area contributed by atoms with Crippen LogP contribution < -0.4 is 10.2 Å². The topological polar surface area (TPSA) is 50.7 Å². The molecule has 4 nitrogen and oxygen atoms in total. The number of amides is 1. The second-order valence-corrected chi connectivity index (χ2v) is 5.33. The number of rotatable bonds is 4. The van der Waals surface area contributed by atoms with Crippen LogP contribution in [0, 0.1) is 0 Å². The molecule has 0 fully saturated rings. The second-order valence-electron chi connectivity index (χ2n) is 4.07. The van der Waals surface area contributed by atoms with E-state index in [2.05, 4.69) is 26.5 Å². The highest BCUT2D eigenvalue weighted by atomic mass is 79.9. The molecule has 21 heavy (non-hydrogen) atoms. The van der Waals surface area contributed by atoms with Gasteiger partial charge in [0, 0.05) is 16.1 Å². The Hall–Kier alpha value is -1.85. The Bertz CT molecular complexity index is 689. The van der Waals surface area contributed by atoms with E-state index in [-0.39, 0.29) is 5.91 Å². The Balaban J connectivity index is 2.05. The fourth-order valence-electron chi connectivity index (χ4n) is 1.61. The first kappa shape index (κ1) is 15.5. The van der Waals surface area contributed by atoms with E-state index >= 15 is 0 Å². The first-order chi connectivity index (χ1) is 10.1. The largest absolute Gasteiger partial charge is 0.496 e. The fraction of sp³-hybridized carbons (Fsp3) is 0.0667. The van der Waals surface area contributed by atoms with Crippen molar-refractivity contribution in [3.05, 3.63) is 63.1 Å². The maximum atomic E-state index is 12.0. The molecule has 0 unspecified atom stereocenters. The summed E-state index contributed by atoms with van der Waals surface area (Å²) >= 11 is 9.32. The summed E-state index contributed by atoms with van der Waals surface area (Å²) in [6, 6.07) is 12.3. The molecule has 2 aromatic carbocycles. The van der Waals surface area contributed by atoms with Crippen molar-refractivity contribution in [2.24, 2.45) is 5.10 Å². The highest BCUT2D eigenvalue weighted by Gasteiger charge is 2.07. The van der Waals surface area contributed by atoms with Crippen molar-refractivity contribution in [3.8, 4) is 5.75 Å². The number of hydrazone groups is 1. The van der Waals surface area contributed by atoms with Gasteiger partial charge in [0.1, 0.15) is 5.75 Å². The maximum Gasteiger partial charge on any atom is 0.271 e. The average molecular weight is 368 g/mol. The van der Waals surface area contributed by atoms with E-state index in [9.17, 15) is 4.79 Å². The molecule has 0 atom stereocenters. The molecule has 1 N–H and O–H groups in total. The maximum absolute atomic E-state index is 12.0. The van der Waals surface area contributed by atoms with Gasteiger partial charge in [-0.2, -0.15) is 5.10 Å². The number of ether oxygens (including phenoxy) is 1. The smallest absolute Gasteiger partial charge is 0.271 e. The molecule has 6 heteroatoms. The lowest BCUT2D eigenvalue weighted by Crippen LogP contribution is -2.17. The monoisotopic (exact) mass is 366 g/mol. The lowest BCUT2D eigenvalue weighted by Gasteiger charge is -2.05. The molecule has 0 aliphatic carbocycles. The van der Waals surface area contributed by atoms with Crippen LogP contribution in [-0.4, -0.2) is 19.2 Å². The molecule has 0 aromatic heterocycles. The first-order valence-corrected chi connectivity index (χ1v) is 7.20. The van der Waals surface area contributed by atoms with Crippen molar-refractivity contribution >= 4 is 39.7 Å². The van der Waals surface area contributed by atoms with Gasteiger partial charge < -0.3 is 4.74 Å². The molecule has 2 rings (SSSR count). The van der Waals surface area contributed by atoms with Crippen LogP contribution >= 0.6 is 27.5 Å². The van der Waals surface area contributed by atoms with Crippen LogP contribution in [0.25, 0.3) is 0 Å². The van der Waals surface area contributed by atoms with Gasteiger partial charge in [-0.05, 0) is 40.2 Å². The zero-order valence-electron chi connectivity index (χ0n) is 11.1. The molecule has 2 aromatic rings. The quantitative estimate of drug-likeness (QED) is 0.659. The Morgan fingerprint density at radius 2 is 2.10 bits per heavy atom. The van der Waals surface area contributed by atoms with Gasteiger partial charge in [0.05, 0.1) is 17.8 Å². The number of nitrogens with one attached hydrogen (secondary N) is 1. The number of nitrogens with zero attached hydrogens (tertiary/aromatic N) is 1. The minimum absolute atomic E-state index is 0.318. The van der Waals surface area contributed by atoms with Crippen molar-refractivity contribution in [1.29, 1.82) is 0 Å². The fourth-order valence-corrected chi connectivity index (χ4v) is 2.34. The van der Waals surface area contributed by atoms with E-state index < -0.39 is 0 Å². The summed E-state index contributed by atoms with van der Waals surface area (Å²) < 4.78 is 5.81. The van der Waals surface area contributed by atoms with Crippen LogP contribution in [0.4, 0.5) is 0 Å². The molecule has 0 saturated carbocycles. The lowest BCUT2D eigenvalue weighted by molar-refractivity contribution is 0.0955. The standard InChI is InChI=1S/C15H12BrClN2O2/c1-21-14-7-6-10(8-12(14)16)15(20)19-18-9-11-4-2-3-5-13(11)17/h2-9H,1H3,(H,19,20)/b18-9+. The van der Waals surface area contributed by atoms with Crippen molar-refractivity contribution < 1.29 is 9.53 Å². The number of hydrogen-bond acceptors (Lipinski definition) is 3. The Labute approximate surface area is 135 Å². The highest BCUT2D eigenvalue weighted by molar-refractivity contribution is 9.10. The molecule has 0 radical (unpaired) electrons. The Morgan fingerprint density at radius 3 is 2.76 bits per heavy atom. The van der Waals surface area contributed by atoms with Crippen LogP contribution in [-0.2, 0) is 0 Å². The number of hydrogen-bond donors (Lipinski definition) is 1. The molecule has 0 saturated heterocycles. The molecular weight excluding hydrogens is 356 g/mol. The predicted molar refractivity (Wildman–Crippen MR) is 87.2 cm³/mol. The molecule has 0 heterocycles. The lowest BCUT2D eigenvalue weighted by atomic mass is 10.2. The van der Waals surface area contributed by atoms with Gasteiger partial charge in [-0.15, -0.1) is 0 Å². The van der Waals surface area contributed by atoms with Crippen LogP contribution in [0.15, 0.2) is 52.0 Å². The molecule has 0 aliphatic heterocycles. The molecule has 108 valence electrons. The average Bonchev–Trinajstić information content (AvgIpc) is 2.49. The van der Waals surface area contributed by atoms with Gasteiger partial charge in [0.25, 0.3) is 5.91 Å². The van der Waals surface area contributed by atoms with Crippen molar-refractivity contribution in [2.75, 3.05) is 7.11 Å². The minimum atomic E-state index is -0.318. The summed E-state index contributed by atoms with van der Waals surface area (Å²) in [5, 5.41) is 4.47. The third-order valence-electron chi connectivity index (χ3n) is 2.69. The van der Waals surface area contributed by atoms with Crippen molar-refractivity contribution in [1.82, 2.24) is 5.43 Å². The summed E-state index contributed by atoms with van der Waals surface area (Å²) in [6.45, 7) is 0. The van der Waals surface area contributed by atoms with E-state index in [1.165, 1.54) is 6.21 Å². The van der Waals surface area contributed by atoms with E-state index in [1.54, 1.807) is 31.4 Å². The SMILES string of the molecule is COc1ccc(C(=O)N/N=C/c2ccccc2Cl)cc1Br. The van der Waals surface area contributed by atoms with Crippen LogP contribution in [0.3, 0.4) is 0 Å². The normalized spacial score (nSPS) is 10.6. The van der Waals surface area contributed by atoms with Crippen LogP contribution in [0.5, 0.6) is 5.75 Å². The van der Waals surface area contributed by atoms with E-state index in [0.717, 1.165) is 5.56 Å². The molecule has 0 spiro atoms. The summed E-state index contributed by atoms with van der Waals surface area (Å²) in [6.07, 6.45) is 1.50. The van der Waals surface area contributed by atoms with Gasteiger partial charge in [0.15, 0.2) is 0 Å². The van der Waals surface area contributed by atoms with Gasteiger partial charge >= 0.3 is 0 Å². The molecule has 0 bridgehead atoms. The molecule has 1 amide bonds. The zero-order chi connectivity index (χ0) is 15.2. The van der Waals surface area contributed by atoms with Crippen molar-refractivity contribution in [3.63, 3.8) is 0 Å². The van der Waals surface area contributed by atoms with E-state index in [4.69, 9.17) is 16.3 Å². The highest BCUT2D eigenvalue weighted by Crippen LogP contribution is 2.25. The third kappa shape index (κ3) is 4.06. The van der Waals surface area contributed by atoms with E-state index in [0.29, 0.717) is 20.8 Å². The number of carbonyl (C=O) groups is 1. The first-order valence-electron chi connectivity index (χ1n) is 6.03. The Kier molecular flexibility index (Phi) is 5.36. The van der Waals surface area contributed by atoms with Gasteiger partial charge in [-0.1, -0.05) is 29.8 Å². The van der Waals surface area contributed by atoms with Gasteiger partial charge in [-0.3, -0.25) is 4.79 Å². The van der Waals surface area contributed by atoms with Crippen LogP contribution in [0.1, 0.15) is 15.9 Å². The summed E-state index contributed by atoms with van der Waals surface area (Å²) in [5.74, 6) is 0.341. The molecule has 0 aliphatic rings. The number of methoxy groups -OCH3 is 1. The summed E-state index contributed by atoms with van der Waals surface area (Å²) in [7, 11) is 1.56. The number of halogens is 2. The van der Waals surface area contributed by atoms with Crippen LogP contribution in [0.2, 0.25) is 5.02 Å².